The molecule has 2 nitrogen and oxygen atoms in total. The van der Waals surface area contributed by atoms with Crippen molar-refractivity contribution in [1.29, 1.82) is 0 Å². The van der Waals surface area contributed by atoms with E-state index >= 15 is 0 Å². The van der Waals surface area contributed by atoms with Gasteiger partial charge in [-0.25, -0.2) is 0 Å². The number of nitrogens with two attached hydrogens (primary N) is 1. The Morgan fingerprint density at radius 2 is 2.06 bits per heavy atom. The third kappa shape index (κ3) is 1.80. The molecule has 0 saturated heterocycles. The number of benzene rings is 1. The summed E-state index contributed by atoms with van der Waals surface area (Å²) in [5.74, 6) is 0. The maximum absolute atomic E-state index is 6.33. The molecule has 18 heavy (non-hydrogen) atoms. The van der Waals surface area contributed by atoms with Crippen LogP contribution in [-0.2, 0) is 12.8 Å². The van der Waals surface area contributed by atoms with E-state index in [0.29, 0.717) is 10.0 Å². The molecule has 1 unspecified atom stereocenters. The minimum Gasteiger partial charge on any atom is -0.324 e. The molecular weight excluding hydrogens is 267 g/mol. The van der Waals surface area contributed by atoms with Crippen molar-refractivity contribution in [3.63, 3.8) is 0 Å². The highest BCUT2D eigenvalue weighted by Crippen LogP contribution is 2.37. The van der Waals surface area contributed by atoms with Gasteiger partial charge in [0.05, 0.1) is 10.5 Å². The van der Waals surface area contributed by atoms with Gasteiger partial charge in [0.15, 0.2) is 0 Å². The monoisotopic (exact) mass is 280 g/mol. The highest BCUT2D eigenvalue weighted by Gasteiger charge is 2.22. The zero-order valence-electron chi connectivity index (χ0n) is 10.1. The molecule has 1 aromatic carbocycles. The highest BCUT2D eigenvalue weighted by atomic mass is 35.5. The predicted molar refractivity (Wildman–Crippen MR) is 76.4 cm³/mol. The van der Waals surface area contributed by atoms with Crippen molar-refractivity contribution in [3.05, 3.63) is 39.0 Å². The molecule has 3 rings (SSSR count). The fourth-order valence-corrected chi connectivity index (χ4v) is 3.44. The summed E-state index contributed by atoms with van der Waals surface area (Å²) < 4.78 is 0. The highest BCUT2D eigenvalue weighted by molar-refractivity contribution is 6.38. The van der Waals surface area contributed by atoms with E-state index in [-0.39, 0.29) is 6.04 Å². The third-order valence-corrected chi connectivity index (χ3v) is 4.04. The second kappa shape index (κ2) is 4.37. The molecule has 0 radical (unpaired) electrons. The van der Waals surface area contributed by atoms with Gasteiger partial charge in [0.1, 0.15) is 0 Å². The van der Waals surface area contributed by atoms with Crippen molar-refractivity contribution in [1.82, 2.24) is 4.98 Å². The molecule has 0 saturated carbocycles. The van der Waals surface area contributed by atoms with Gasteiger partial charge in [-0.15, -0.1) is 0 Å². The summed E-state index contributed by atoms with van der Waals surface area (Å²) in [6, 6.07) is 3.59. The Morgan fingerprint density at radius 3 is 2.78 bits per heavy atom. The van der Waals surface area contributed by atoms with Crippen molar-refractivity contribution in [3.8, 4) is 0 Å². The second-order valence-electron chi connectivity index (χ2n) is 4.87. The van der Waals surface area contributed by atoms with Gasteiger partial charge in [0, 0.05) is 22.1 Å². The average Bonchev–Trinajstić information content (AvgIpc) is 2.72. The van der Waals surface area contributed by atoms with E-state index in [4.69, 9.17) is 33.9 Å². The van der Waals surface area contributed by atoms with Gasteiger partial charge >= 0.3 is 0 Å². The minimum atomic E-state index is -0.0407. The van der Waals surface area contributed by atoms with E-state index in [1.165, 1.54) is 5.56 Å². The Balaban J connectivity index is 2.46. The van der Waals surface area contributed by atoms with Crippen LogP contribution in [0.5, 0.6) is 0 Å². The quantitative estimate of drug-likeness (QED) is 0.856. The van der Waals surface area contributed by atoms with Gasteiger partial charge in [0.2, 0.25) is 0 Å². The molecule has 1 heterocycles. The number of rotatable bonds is 1. The summed E-state index contributed by atoms with van der Waals surface area (Å²) in [5.41, 5.74) is 10.6. The molecule has 0 aliphatic heterocycles. The molecular formula is C14H14Cl2N2. The Hall–Kier alpha value is -0.830. The maximum atomic E-state index is 6.33. The molecule has 4 heteroatoms. The number of pyridine rings is 1. The van der Waals surface area contributed by atoms with Gasteiger partial charge in [-0.1, -0.05) is 23.2 Å². The molecule has 1 aromatic heterocycles. The fraction of sp³-hybridized carbons (Fsp3) is 0.357. The van der Waals surface area contributed by atoms with Crippen molar-refractivity contribution in [2.24, 2.45) is 5.73 Å². The van der Waals surface area contributed by atoms with Crippen molar-refractivity contribution >= 4 is 34.1 Å². The SMILES string of the molecule is CC(N)c1c2c(nc3cc(Cl)cc(Cl)c13)CCC2. The van der Waals surface area contributed by atoms with Crippen LogP contribution in [0.4, 0.5) is 0 Å². The lowest BCUT2D eigenvalue weighted by molar-refractivity contribution is 0.806. The molecule has 1 aliphatic rings. The number of hydrogen-bond donors (Lipinski definition) is 1. The molecule has 94 valence electrons. The van der Waals surface area contributed by atoms with Gasteiger partial charge in [-0.05, 0) is 49.4 Å². The van der Waals surface area contributed by atoms with Crippen LogP contribution in [0.1, 0.15) is 36.2 Å². The van der Waals surface area contributed by atoms with Gasteiger partial charge in [-0.3, -0.25) is 4.98 Å². The summed E-state index contributed by atoms with van der Waals surface area (Å²) >= 11 is 12.4. The first-order valence-electron chi connectivity index (χ1n) is 6.14. The van der Waals surface area contributed by atoms with Crippen LogP contribution in [0.3, 0.4) is 0 Å². The molecule has 0 amide bonds. The lowest BCUT2D eigenvalue weighted by atomic mass is 9.96. The zero-order chi connectivity index (χ0) is 12.9. The fourth-order valence-electron chi connectivity index (χ4n) is 2.85. The predicted octanol–water partition coefficient (Wildman–Crippen LogP) is 4.05. The van der Waals surface area contributed by atoms with Crippen LogP contribution in [0.25, 0.3) is 10.9 Å². The van der Waals surface area contributed by atoms with E-state index < -0.39 is 0 Å². The summed E-state index contributed by atoms with van der Waals surface area (Å²) in [7, 11) is 0. The normalized spacial score (nSPS) is 16.0. The summed E-state index contributed by atoms with van der Waals surface area (Å²) in [5, 5.41) is 2.23. The van der Waals surface area contributed by atoms with E-state index in [0.717, 1.165) is 41.4 Å². The van der Waals surface area contributed by atoms with Gasteiger partial charge < -0.3 is 5.73 Å². The molecule has 2 N–H and O–H groups in total. The Morgan fingerprint density at radius 1 is 1.28 bits per heavy atom. The van der Waals surface area contributed by atoms with Crippen molar-refractivity contribution < 1.29 is 0 Å². The van der Waals surface area contributed by atoms with E-state index in [9.17, 15) is 0 Å². The topological polar surface area (TPSA) is 38.9 Å². The molecule has 2 aromatic rings. The summed E-state index contributed by atoms with van der Waals surface area (Å²) in [6.45, 7) is 2.00. The minimum absolute atomic E-state index is 0.0407. The Labute approximate surface area is 116 Å². The number of aryl methyl sites for hydroxylation is 1. The molecule has 0 spiro atoms. The standard InChI is InChI=1S/C14H14Cl2N2/c1-7(17)13-9-3-2-4-11(9)18-12-6-8(15)5-10(16)14(12)13/h5-7H,2-4,17H2,1H3. The van der Waals surface area contributed by atoms with E-state index in [2.05, 4.69) is 0 Å². The number of aromatic nitrogens is 1. The van der Waals surface area contributed by atoms with Crippen LogP contribution in [0.2, 0.25) is 10.0 Å². The number of halogens is 2. The zero-order valence-corrected chi connectivity index (χ0v) is 11.6. The van der Waals surface area contributed by atoms with Crippen LogP contribution in [0, 0.1) is 0 Å². The smallest absolute Gasteiger partial charge is 0.0738 e. The lowest BCUT2D eigenvalue weighted by Crippen LogP contribution is -2.10. The van der Waals surface area contributed by atoms with Crippen molar-refractivity contribution in [2.75, 3.05) is 0 Å². The molecule has 1 aliphatic carbocycles. The van der Waals surface area contributed by atoms with Crippen LogP contribution >= 0.6 is 23.2 Å². The van der Waals surface area contributed by atoms with E-state index in [1.807, 2.05) is 13.0 Å². The van der Waals surface area contributed by atoms with Gasteiger partial charge in [0.25, 0.3) is 0 Å². The molecule has 1 atom stereocenters. The van der Waals surface area contributed by atoms with Crippen LogP contribution in [-0.4, -0.2) is 4.98 Å². The average molecular weight is 281 g/mol. The summed E-state index contributed by atoms with van der Waals surface area (Å²) in [4.78, 5) is 4.70. The van der Waals surface area contributed by atoms with Crippen molar-refractivity contribution in [2.45, 2.75) is 32.2 Å². The third-order valence-electron chi connectivity index (χ3n) is 3.53. The largest absolute Gasteiger partial charge is 0.324 e. The van der Waals surface area contributed by atoms with Gasteiger partial charge in [-0.2, -0.15) is 0 Å². The molecule has 0 bridgehead atoms. The number of fused-ring (bicyclic) bond motifs is 2. The lowest BCUT2D eigenvalue weighted by Gasteiger charge is -2.16. The second-order valence-corrected chi connectivity index (χ2v) is 5.72. The maximum Gasteiger partial charge on any atom is 0.0738 e. The number of nitrogens with zero attached hydrogens (tertiary/aromatic N) is 1. The molecule has 0 fully saturated rings. The van der Waals surface area contributed by atoms with Crippen LogP contribution in [0.15, 0.2) is 12.1 Å². The Kier molecular flexibility index (Phi) is 2.97. The summed E-state index contributed by atoms with van der Waals surface area (Å²) in [6.07, 6.45) is 3.22. The van der Waals surface area contributed by atoms with E-state index in [1.54, 1.807) is 6.07 Å². The first-order valence-corrected chi connectivity index (χ1v) is 6.89. The number of hydrogen-bond acceptors (Lipinski definition) is 2. The first-order chi connectivity index (χ1) is 8.58. The van der Waals surface area contributed by atoms with Crippen LogP contribution < -0.4 is 5.73 Å². The Bertz CT molecular complexity index is 635. The first kappa shape index (κ1) is 12.2.